The topological polar surface area (TPSA) is 47.3 Å². The van der Waals surface area contributed by atoms with Crippen molar-refractivity contribution in [2.75, 3.05) is 7.11 Å². The van der Waals surface area contributed by atoms with Crippen molar-refractivity contribution in [3.05, 3.63) is 46.2 Å². The van der Waals surface area contributed by atoms with E-state index in [4.69, 9.17) is 4.74 Å². The van der Waals surface area contributed by atoms with Crippen molar-refractivity contribution >= 4 is 15.9 Å². The van der Waals surface area contributed by atoms with Crippen molar-refractivity contribution in [2.45, 2.75) is 38.8 Å². The lowest BCUT2D eigenvalue weighted by atomic mass is 10.0. The summed E-state index contributed by atoms with van der Waals surface area (Å²) in [5, 5.41) is 14.7. The van der Waals surface area contributed by atoms with E-state index in [0.717, 1.165) is 35.3 Å². The molecule has 2 aromatic rings. The van der Waals surface area contributed by atoms with E-state index in [1.807, 2.05) is 28.9 Å². The van der Waals surface area contributed by atoms with Gasteiger partial charge in [-0.05, 0) is 52.9 Å². The van der Waals surface area contributed by atoms with Crippen LogP contribution in [-0.2, 0) is 13.0 Å². The molecular formula is C16H21BrN2O2. The monoisotopic (exact) mass is 352 g/mol. The molecule has 1 N–H and O–H groups in total. The summed E-state index contributed by atoms with van der Waals surface area (Å²) in [6.45, 7) is 2.92. The average molecular weight is 353 g/mol. The first kappa shape index (κ1) is 16.0. The minimum atomic E-state index is -0.518. The molecule has 1 unspecified atom stereocenters. The summed E-state index contributed by atoms with van der Waals surface area (Å²) in [5.41, 5.74) is 2.05. The van der Waals surface area contributed by atoms with Crippen LogP contribution in [0.3, 0.4) is 0 Å². The van der Waals surface area contributed by atoms with Crippen LogP contribution in [-0.4, -0.2) is 22.0 Å². The van der Waals surface area contributed by atoms with E-state index in [2.05, 4.69) is 28.0 Å². The number of aliphatic hydroxyl groups excluding tert-OH is 1. The normalized spacial score (nSPS) is 12.4. The average Bonchev–Trinajstić information content (AvgIpc) is 2.86. The Morgan fingerprint density at radius 1 is 1.33 bits per heavy atom. The zero-order valence-corrected chi connectivity index (χ0v) is 14.0. The van der Waals surface area contributed by atoms with Gasteiger partial charge in [-0.15, -0.1) is 0 Å². The third kappa shape index (κ3) is 4.08. The van der Waals surface area contributed by atoms with Crippen molar-refractivity contribution in [3.8, 4) is 5.75 Å². The third-order valence-electron chi connectivity index (χ3n) is 3.45. The van der Waals surface area contributed by atoms with E-state index in [-0.39, 0.29) is 0 Å². The standard InChI is InChI=1S/C16H21BrN2O2/c1-3-10-19-16(14(17)11-18-19)15(20)9-6-12-4-7-13(21-2)8-5-12/h4-5,7-8,11,15,20H,3,6,9-10H2,1-2H3. The first-order chi connectivity index (χ1) is 10.2. The minimum Gasteiger partial charge on any atom is -0.497 e. The number of aryl methyl sites for hydroxylation is 2. The zero-order valence-electron chi connectivity index (χ0n) is 12.4. The molecule has 0 spiro atoms. The van der Waals surface area contributed by atoms with E-state index in [1.54, 1.807) is 13.3 Å². The number of aliphatic hydroxyl groups is 1. The molecule has 0 bridgehead atoms. The Morgan fingerprint density at radius 3 is 2.67 bits per heavy atom. The maximum absolute atomic E-state index is 10.4. The van der Waals surface area contributed by atoms with Crippen molar-refractivity contribution in [2.24, 2.45) is 0 Å². The second kappa shape index (κ2) is 7.61. The largest absolute Gasteiger partial charge is 0.497 e. The van der Waals surface area contributed by atoms with Crippen molar-refractivity contribution in [1.82, 2.24) is 9.78 Å². The van der Waals surface area contributed by atoms with E-state index >= 15 is 0 Å². The van der Waals surface area contributed by atoms with Crippen LogP contribution in [0, 0.1) is 0 Å². The number of benzene rings is 1. The van der Waals surface area contributed by atoms with Gasteiger partial charge in [0.2, 0.25) is 0 Å². The molecule has 0 amide bonds. The van der Waals surface area contributed by atoms with Gasteiger partial charge in [0.25, 0.3) is 0 Å². The number of halogens is 1. The molecule has 2 rings (SSSR count). The van der Waals surface area contributed by atoms with Crippen LogP contribution in [0.15, 0.2) is 34.9 Å². The van der Waals surface area contributed by atoms with Crippen molar-refractivity contribution in [3.63, 3.8) is 0 Å². The van der Waals surface area contributed by atoms with Gasteiger partial charge in [-0.2, -0.15) is 5.10 Å². The summed E-state index contributed by atoms with van der Waals surface area (Å²) < 4.78 is 7.90. The summed E-state index contributed by atoms with van der Waals surface area (Å²) in [6.07, 6.45) is 3.71. The van der Waals surface area contributed by atoms with Gasteiger partial charge in [-0.25, -0.2) is 0 Å². The molecule has 0 saturated carbocycles. The fourth-order valence-corrected chi connectivity index (χ4v) is 2.89. The predicted octanol–water partition coefficient (Wildman–Crippen LogP) is 3.73. The highest BCUT2D eigenvalue weighted by Gasteiger charge is 2.17. The van der Waals surface area contributed by atoms with Crippen molar-refractivity contribution < 1.29 is 9.84 Å². The SMILES string of the molecule is CCCn1ncc(Br)c1C(O)CCc1ccc(OC)cc1. The molecule has 0 saturated heterocycles. The lowest BCUT2D eigenvalue weighted by Crippen LogP contribution is -2.10. The third-order valence-corrected chi connectivity index (χ3v) is 4.06. The van der Waals surface area contributed by atoms with E-state index < -0.39 is 6.10 Å². The number of aromatic nitrogens is 2. The fourth-order valence-electron chi connectivity index (χ4n) is 2.33. The van der Waals surface area contributed by atoms with Gasteiger partial charge in [-0.1, -0.05) is 19.1 Å². The molecule has 1 aromatic carbocycles. The number of hydrogen-bond donors (Lipinski definition) is 1. The molecule has 1 aromatic heterocycles. The maximum Gasteiger partial charge on any atom is 0.118 e. The van der Waals surface area contributed by atoms with E-state index in [0.29, 0.717) is 6.42 Å². The van der Waals surface area contributed by atoms with Gasteiger partial charge in [0, 0.05) is 6.54 Å². The zero-order chi connectivity index (χ0) is 15.2. The fraction of sp³-hybridized carbons (Fsp3) is 0.438. The Bertz CT molecular complexity index is 566. The van der Waals surface area contributed by atoms with Gasteiger partial charge < -0.3 is 9.84 Å². The van der Waals surface area contributed by atoms with Gasteiger partial charge in [0.05, 0.1) is 29.6 Å². The van der Waals surface area contributed by atoms with Crippen LogP contribution >= 0.6 is 15.9 Å². The first-order valence-electron chi connectivity index (χ1n) is 7.18. The van der Waals surface area contributed by atoms with Gasteiger partial charge in [0.15, 0.2) is 0 Å². The first-order valence-corrected chi connectivity index (χ1v) is 7.97. The molecule has 114 valence electrons. The Labute approximate surface area is 133 Å². The molecule has 0 fully saturated rings. The van der Waals surface area contributed by atoms with Crippen LogP contribution in [0.4, 0.5) is 0 Å². The van der Waals surface area contributed by atoms with E-state index in [1.165, 1.54) is 5.56 Å². The molecule has 1 atom stereocenters. The number of nitrogens with zero attached hydrogens (tertiary/aromatic N) is 2. The molecular weight excluding hydrogens is 332 g/mol. The van der Waals surface area contributed by atoms with E-state index in [9.17, 15) is 5.11 Å². The van der Waals surface area contributed by atoms with Gasteiger partial charge in [0.1, 0.15) is 5.75 Å². The van der Waals surface area contributed by atoms with Crippen LogP contribution in [0.1, 0.15) is 37.1 Å². The summed E-state index contributed by atoms with van der Waals surface area (Å²) in [4.78, 5) is 0. The second-order valence-corrected chi connectivity index (χ2v) is 5.86. The number of rotatable bonds is 7. The van der Waals surface area contributed by atoms with Crippen molar-refractivity contribution in [1.29, 1.82) is 0 Å². The van der Waals surface area contributed by atoms with Gasteiger partial charge in [-0.3, -0.25) is 4.68 Å². The number of methoxy groups -OCH3 is 1. The Kier molecular flexibility index (Phi) is 5.82. The molecule has 21 heavy (non-hydrogen) atoms. The number of ether oxygens (including phenoxy) is 1. The van der Waals surface area contributed by atoms with Crippen LogP contribution in [0.5, 0.6) is 5.75 Å². The Balaban J connectivity index is 2.00. The highest BCUT2D eigenvalue weighted by atomic mass is 79.9. The lowest BCUT2D eigenvalue weighted by molar-refractivity contribution is 0.155. The maximum atomic E-state index is 10.4. The molecule has 0 aliphatic heterocycles. The summed E-state index contributed by atoms with van der Waals surface area (Å²) in [5.74, 6) is 0.850. The highest BCUT2D eigenvalue weighted by molar-refractivity contribution is 9.10. The lowest BCUT2D eigenvalue weighted by Gasteiger charge is -2.14. The molecule has 0 aliphatic carbocycles. The Morgan fingerprint density at radius 2 is 2.05 bits per heavy atom. The highest BCUT2D eigenvalue weighted by Crippen LogP contribution is 2.27. The number of hydrogen-bond acceptors (Lipinski definition) is 3. The summed E-state index contributed by atoms with van der Waals surface area (Å²) in [7, 11) is 1.66. The molecule has 4 nitrogen and oxygen atoms in total. The smallest absolute Gasteiger partial charge is 0.118 e. The summed E-state index contributed by atoms with van der Waals surface area (Å²) >= 11 is 3.47. The predicted molar refractivity (Wildman–Crippen MR) is 86.5 cm³/mol. The quantitative estimate of drug-likeness (QED) is 0.825. The second-order valence-electron chi connectivity index (χ2n) is 5.00. The Hall–Kier alpha value is -1.33. The van der Waals surface area contributed by atoms with Crippen LogP contribution < -0.4 is 4.74 Å². The minimum absolute atomic E-state index is 0.518. The van der Waals surface area contributed by atoms with Crippen LogP contribution in [0.25, 0.3) is 0 Å². The molecule has 0 aliphatic rings. The van der Waals surface area contributed by atoms with Gasteiger partial charge >= 0.3 is 0 Å². The summed E-state index contributed by atoms with van der Waals surface area (Å²) in [6, 6.07) is 7.95. The molecule has 0 radical (unpaired) electrons. The molecule has 1 heterocycles. The van der Waals surface area contributed by atoms with Crippen LogP contribution in [0.2, 0.25) is 0 Å². The molecule has 5 heteroatoms.